The Balaban J connectivity index is 2.20. The first-order valence-electron chi connectivity index (χ1n) is 6.06. The fourth-order valence-corrected chi connectivity index (χ4v) is 3.44. The Morgan fingerprint density at radius 1 is 1.30 bits per heavy atom. The first-order chi connectivity index (χ1) is 9.40. The van der Waals surface area contributed by atoms with Crippen LogP contribution < -0.4 is 4.72 Å². The van der Waals surface area contributed by atoms with Crippen molar-refractivity contribution in [1.82, 2.24) is 0 Å². The molecule has 1 aliphatic rings. The molecular weight excluding hydrogens is 286 g/mol. The molecular formula is C12H15NO6S. The highest BCUT2D eigenvalue weighted by Gasteiger charge is 2.28. The van der Waals surface area contributed by atoms with E-state index in [9.17, 15) is 18.3 Å². The number of aromatic carboxylic acids is 1. The van der Waals surface area contributed by atoms with Crippen molar-refractivity contribution in [3.63, 3.8) is 0 Å². The van der Waals surface area contributed by atoms with Crippen molar-refractivity contribution in [3.05, 3.63) is 23.8 Å². The van der Waals surface area contributed by atoms with Crippen molar-refractivity contribution in [2.75, 3.05) is 17.9 Å². The maximum Gasteiger partial charge on any atom is 0.339 e. The summed E-state index contributed by atoms with van der Waals surface area (Å²) in [6.07, 6.45) is 0.804. The standard InChI is InChI=1S/C12H15NO6S/c14-11-2-1-8(7-10(11)12(15)16)13-20(17,18)9-3-5-19-6-4-9/h1-2,7,9,13-14H,3-6H2,(H,15,16). The largest absolute Gasteiger partial charge is 0.507 e. The molecule has 0 spiro atoms. The van der Waals surface area contributed by atoms with Crippen molar-refractivity contribution < 1.29 is 28.2 Å². The zero-order valence-electron chi connectivity index (χ0n) is 10.6. The second-order valence-corrected chi connectivity index (χ2v) is 6.46. The van der Waals surface area contributed by atoms with Gasteiger partial charge in [0.1, 0.15) is 11.3 Å². The van der Waals surface area contributed by atoms with Crippen molar-refractivity contribution >= 4 is 21.7 Å². The molecule has 0 atom stereocenters. The van der Waals surface area contributed by atoms with Crippen molar-refractivity contribution in [1.29, 1.82) is 0 Å². The minimum Gasteiger partial charge on any atom is -0.507 e. The fraction of sp³-hybridized carbons (Fsp3) is 0.417. The summed E-state index contributed by atoms with van der Waals surface area (Å²) in [6, 6.07) is 3.55. The van der Waals surface area contributed by atoms with E-state index in [4.69, 9.17) is 9.84 Å². The van der Waals surface area contributed by atoms with Crippen LogP contribution in [0, 0.1) is 0 Å². The number of aromatic hydroxyl groups is 1. The van der Waals surface area contributed by atoms with Gasteiger partial charge in [0.15, 0.2) is 0 Å². The molecule has 1 aromatic carbocycles. The van der Waals surface area contributed by atoms with Gasteiger partial charge in [-0.1, -0.05) is 0 Å². The molecule has 0 unspecified atom stereocenters. The van der Waals surface area contributed by atoms with Crippen LogP contribution in [0.4, 0.5) is 5.69 Å². The summed E-state index contributed by atoms with van der Waals surface area (Å²) in [6.45, 7) is 0.781. The summed E-state index contributed by atoms with van der Waals surface area (Å²) in [5.74, 6) is -1.74. The zero-order chi connectivity index (χ0) is 14.8. The zero-order valence-corrected chi connectivity index (χ0v) is 11.4. The number of rotatable bonds is 4. The van der Waals surface area contributed by atoms with E-state index in [2.05, 4.69) is 4.72 Å². The third-order valence-corrected chi connectivity index (χ3v) is 4.96. The first-order valence-corrected chi connectivity index (χ1v) is 7.60. The van der Waals surface area contributed by atoms with Gasteiger partial charge in [-0.15, -0.1) is 0 Å². The molecule has 1 aliphatic heterocycles. The lowest BCUT2D eigenvalue weighted by atomic mass is 10.2. The molecule has 3 N–H and O–H groups in total. The topological polar surface area (TPSA) is 113 Å². The minimum absolute atomic E-state index is 0.117. The van der Waals surface area contributed by atoms with Gasteiger partial charge in [0, 0.05) is 18.9 Å². The van der Waals surface area contributed by atoms with Crippen LogP contribution in [0.15, 0.2) is 18.2 Å². The van der Waals surface area contributed by atoms with Crippen LogP contribution >= 0.6 is 0 Å². The summed E-state index contributed by atoms with van der Waals surface area (Å²) < 4.78 is 31.8. The van der Waals surface area contributed by atoms with Gasteiger partial charge in [-0.2, -0.15) is 0 Å². The molecule has 1 heterocycles. The van der Waals surface area contributed by atoms with Gasteiger partial charge in [-0.25, -0.2) is 13.2 Å². The SMILES string of the molecule is O=C(O)c1cc(NS(=O)(=O)C2CCOCC2)ccc1O. The van der Waals surface area contributed by atoms with E-state index in [1.165, 1.54) is 6.07 Å². The van der Waals surface area contributed by atoms with Crippen LogP contribution in [0.25, 0.3) is 0 Å². The normalized spacial score (nSPS) is 16.8. The average Bonchev–Trinajstić information content (AvgIpc) is 2.41. The van der Waals surface area contributed by atoms with Crippen LogP contribution in [0.1, 0.15) is 23.2 Å². The molecule has 20 heavy (non-hydrogen) atoms. The van der Waals surface area contributed by atoms with Crippen molar-refractivity contribution in [2.45, 2.75) is 18.1 Å². The van der Waals surface area contributed by atoms with Gasteiger partial charge < -0.3 is 14.9 Å². The van der Waals surface area contributed by atoms with Crippen molar-refractivity contribution in [3.8, 4) is 5.75 Å². The molecule has 0 aromatic heterocycles. The van der Waals surface area contributed by atoms with Gasteiger partial charge >= 0.3 is 5.97 Å². The van der Waals surface area contributed by atoms with Crippen LogP contribution in [0.2, 0.25) is 0 Å². The molecule has 1 aromatic rings. The smallest absolute Gasteiger partial charge is 0.339 e. The molecule has 110 valence electrons. The van der Waals surface area contributed by atoms with Crippen LogP contribution in [0.3, 0.4) is 0 Å². The number of carboxylic acid groups (broad SMARTS) is 1. The lowest BCUT2D eigenvalue weighted by Gasteiger charge is -2.22. The number of carboxylic acids is 1. The van der Waals surface area contributed by atoms with E-state index >= 15 is 0 Å². The Morgan fingerprint density at radius 2 is 1.95 bits per heavy atom. The lowest BCUT2D eigenvalue weighted by Crippen LogP contribution is -2.33. The van der Waals surface area contributed by atoms with Gasteiger partial charge in [0.2, 0.25) is 10.0 Å². The Morgan fingerprint density at radius 3 is 2.55 bits per heavy atom. The summed E-state index contributed by atoms with van der Waals surface area (Å²) in [5.41, 5.74) is -0.233. The maximum absolute atomic E-state index is 12.1. The fourth-order valence-electron chi connectivity index (χ4n) is 2.00. The average molecular weight is 301 g/mol. The van der Waals surface area contributed by atoms with E-state index in [-0.39, 0.29) is 11.3 Å². The van der Waals surface area contributed by atoms with Crippen LogP contribution in [0.5, 0.6) is 5.75 Å². The number of ether oxygens (including phenoxy) is 1. The highest BCUT2D eigenvalue weighted by Crippen LogP contribution is 2.24. The van der Waals surface area contributed by atoms with Gasteiger partial charge in [0.25, 0.3) is 0 Å². The predicted octanol–water partition coefficient (Wildman–Crippen LogP) is 1.01. The van der Waals surface area contributed by atoms with Crippen molar-refractivity contribution in [2.24, 2.45) is 0 Å². The third-order valence-electron chi connectivity index (χ3n) is 3.09. The van der Waals surface area contributed by atoms with Gasteiger partial charge in [-0.05, 0) is 31.0 Å². The number of anilines is 1. The van der Waals surface area contributed by atoms with E-state index in [1.54, 1.807) is 0 Å². The molecule has 8 heteroatoms. The second kappa shape index (κ2) is 5.68. The summed E-state index contributed by atoms with van der Waals surface area (Å²) in [5, 5.41) is 17.7. The van der Waals surface area contributed by atoms with Crippen LogP contribution in [-0.4, -0.2) is 43.1 Å². The molecule has 0 aliphatic carbocycles. The number of sulfonamides is 1. The van der Waals surface area contributed by atoms with Crippen LogP contribution in [-0.2, 0) is 14.8 Å². The molecule has 7 nitrogen and oxygen atoms in total. The Labute approximate surface area is 116 Å². The second-order valence-electron chi connectivity index (χ2n) is 4.50. The molecule has 2 rings (SSSR count). The summed E-state index contributed by atoms with van der Waals surface area (Å²) >= 11 is 0. The van der Waals surface area contributed by atoms with E-state index in [1.807, 2.05) is 0 Å². The highest BCUT2D eigenvalue weighted by molar-refractivity contribution is 7.93. The molecule has 0 radical (unpaired) electrons. The maximum atomic E-state index is 12.1. The highest BCUT2D eigenvalue weighted by atomic mass is 32.2. The number of carbonyl (C=O) groups is 1. The Kier molecular flexibility index (Phi) is 4.15. The van der Waals surface area contributed by atoms with Gasteiger partial charge in [-0.3, -0.25) is 4.72 Å². The molecule has 1 saturated heterocycles. The Hall–Kier alpha value is -1.80. The van der Waals surface area contributed by atoms with E-state index in [0.29, 0.717) is 26.1 Å². The first kappa shape index (κ1) is 14.6. The summed E-state index contributed by atoms with van der Waals surface area (Å²) in [7, 11) is -3.60. The molecule has 0 saturated carbocycles. The predicted molar refractivity (Wildman–Crippen MR) is 71.4 cm³/mol. The number of benzene rings is 1. The summed E-state index contributed by atoms with van der Waals surface area (Å²) in [4.78, 5) is 10.9. The third kappa shape index (κ3) is 3.20. The minimum atomic E-state index is -3.60. The number of hydrogen-bond acceptors (Lipinski definition) is 5. The van der Waals surface area contributed by atoms with Gasteiger partial charge in [0.05, 0.1) is 5.25 Å². The monoisotopic (exact) mass is 301 g/mol. The number of phenols is 1. The van der Waals surface area contributed by atoms with E-state index in [0.717, 1.165) is 12.1 Å². The molecule has 0 bridgehead atoms. The Bertz CT molecular complexity index is 606. The van der Waals surface area contributed by atoms with E-state index < -0.39 is 27.0 Å². The molecule has 1 fully saturated rings. The number of hydrogen-bond donors (Lipinski definition) is 3. The molecule has 0 amide bonds. The quantitative estimate of drug-likeness (QED) is 0.715. The number of nitrogens with one attached hydrogen (secondary N) is 1. The lowest BCUT2D eigenvalue weighted by molar-refractivity contribution is 0.0693.